The van der Waals surface area contributed by atoms with Crippen molar-refractivity contribution in [2.24, 2.45) is 0 Å². The summed E-state index contributed by atoms with van der Waals surface area (Å²) in [5.41, 5.74) is 0.490. The smallest absolute Gasteiger partial charge is 0.251 e. The summed E-state index contributed by atoms with van der Waals surface area (Å²) in [6, 6.07) is 14.4. The van der Waals surface area contributed by atoms with Crippen molar-refractivity contribution in [3.05, 3.63) is 54.1 Å². The molecule has 2 aromatic rings. The lowest BCUT2D eigenvalue weighted by atomic mass is 10.1. The number of hydrogen-bond acceptors (Lipinski definition) is 5. The molecule has 160 valence electrons. The molecule has 0 bridgehead atoms. The molecule has 3 rings (SSSR count). The number of rotatable bonds is 8. The second-order valence-corrected chi connectivity index (χ2v) is 6.99. The summed E-state index contributed by atoms with van der Waals surface area (Å²) in [7, 11) is 1.57. The number of nitrogens with one attached hydrogen (secondary N) is 1. The van der Waals surface area contributed by atoms with Gasteiger partial charge in [-0.2, -0.15) is 0 Å². The number of hydrogen-bond donors (Lipinski definition) is 1. The Hall–Kier alpha value is -3.22. The number of likely N-dealkylation sites (tertiary alicyclic amines) is 1. The fourth-order valence-electron chi connectivity index (χ4n) is 3.34. The van der Waals surface area contributed by atoms with Gasteiger partial charge >= 0.3 is 0 Å². The van der Waals surface area contributed by atoms with E-state index < -0.39 is 0 Å². The average Bonchev–Trinajstić information content (AvgIpc) is 2.79. The van der Waals surface area contributed by atoms with Crippen molar-refractivity contribution in [1.29, 1.82) is 0 Å². The first kappa shape index (κ1) is 21.5. The Kier molecular flexibility index (Phi) is 7.54. The lowest BCUT2D eigenvalue weighted by molar-refractivity contribution is -0.131. The molecule has 1 heterocycles. The highest BCUT2D eigenvalue weighted by atomic mass is 16.5. The molecule has 30 heavy (non-hydrogen) atoms. The second-order valence-electron chi connectivity index (χ2n) is 6.99. The highest BCUT2D eigenvalue weighted by Crippen LogP contribution is 2.29. The van der Waals surface area contributed by atoms with E-state index in [9.17, 15) is 9.59 Å². The fraction of sp³-hybridized carbons (Fsp3) is 0.391. The van der Waals surface area contributed by atoms with Gasteiger partial charge in [0.15, 0.2) is 11.5 Å². The Morgan fingerprint density at radius 2 is 1.70 bits per heavy atom. The minimum Gasteiger partial charge on any atom is -0.497 e. The molecule has 2 amide bonds. The minimum absolute atomic E-state index is 0.0242. The molecule has 0 spiro atoms. The average molecular weight is 412 g/mol. The van der Waals surface area contributed by atoms with Gasteiger partial charge in [-0.3, -0.25) is 9.59 Å². The number of ether oxygens (including phenoxy) is 3. The monoisotopic (exact) mass is 412 g/mol. The van der Waals surface area contributed by atoms with E-state index >= 15 is 0 Å². The van der Waals surface area contributed by atoms with Crippen LogP contribution in [0.15, 0.2) is 48.5 Å². The van der Waals surface area contributed by atoms with Gasteiger partial charge in [-0.25, -0.2) is 0 Å². The standard InChI is InChI=1S/C23H28N2O5/c1-3-29-20-6-4-5-7-21(20)30-19-12-14-25(15-13-19)22(26)16-24-23(27)17-8-10-18(28-2)11-9-17/h4-11,19H,3,12-16H2,1-2H3,(H,24,27). The van der Waals surface area contributed by atoms with Gasteiger partial charge in [0.2, 0.25) is 5.91 Å². The molecule has 0 aromatic heterocycles. The zero-order valence-corrected chi connectivity index (χ0v) is 17.4. The predicted octanol–water partition coefficient (Wildman–Crippen LogP) is 2.89. The van der Waals surface area contributed by atoms with Gasteiger partial charge < -0.3 is 24.4 Å². The van der Waals surface area contributed by atoms with Gasteiger partial charge in [0.25, 0.3) is 5.91 Å². The molecule has 0 aliphatic carbocycles. The summed E-state index contributed by atoms with van der Waals surface area (Å²) in [4.78, 5) is 26.5. The minimum atomic E-state index is -0.281. The van der Waals surface area contributed by atoms with Crippen molar-refractivity contribution in [1.82, 2.24) is 10.2 Å². The van der Waals surface area contributed by atoms with Crippen LogP contribution in [0.25, 0.3) is 0 Å². The van der Waals surface area contributed by atoms with Gasteiger partial charge in [-0.15, -0.1) is 0 Å². The zero-order valence-electron chi connectivity index (χ0n) is 17.4. The third-order valence-corrected chi connectivity index (χ3v) is 4.99. The SMILES string of the molecule is CCOc1ccccc1OC1CCN(C(=O)CNC(=O)c2ccc(OC)cc2)CC1. The molecular formula is C23H28N2O5. The number of carbonyl (C=O) groups excluding carboxylic acids is 2. The zero-order chi connectivity index (χ0) is 21.3. The molecule has 1 aliphatic heterocycles. The van der Waals surface area contributed by atoms with Crippen LogP contribution >= 0.6 is 0 Å². The maximum Gasteiger partial charge on any atom is 0.251 e. The number of benzene rings is 2. The first-order chi connectivity index (χ1) is 14.6. The van der Waals surface area contributed by atoms with Crippen LogP contribution in [0, 0.1) is 0 Å². The molecule has 1 N–H and O–H groups in total. The van der Waals surface area contributed by atoms with Crippen LogP contribution in [0.2, 0.25) is 0 Å². The lowest BCUT2D eigenvalue weighted by Crippen LogP contribution is -2.46. The predicted molar refractivity (Wildman–Crippen MR) is 113 cm³/mol. The molecular weight excluding hydrogens is 384 g/mol. The quantitative estimate of drug-likeness (QED) is 0.721. The summed E-state index contributed by atoms with van der Waals surface area (Å²) in [5.74, 6) is 1.77. The molecule has 1 saturated heterocycles. The highest BCUT2D eigenvalue weighted by Gasteiger charge is 2.25. The van der Waals surface area contributed by atoms with E-state index in [1.54, 1.807) is 36.3 Å². The third kappa shape index (κ3) is 5.65. The molecule has 0 atom stereocenters. The van der Waals surface area contributed by atoms with Crippen molar-refractivity contribution >= 4 is 11.8 Å². The van der Waals surface area contributed by atoms with Crippen LogP contribution in [0.1, 0.15) is 30.1 Å². The van der Waals surface area contributed by atoms with E-state index in [-0.39, 0.29) is 24.5 Å². The van der Waals surface area contributed by atoms with E-state index in [0.717, 1.165) is 24.3 Å². The first-order valence-corrected chi connectivity index (χ1v) is 10.2. The van der Waals surface area contributed by atoms with Crippen molar-refractivity contribution in [2.75, 3.05) is 33.4 Å². The number of methoxy groups -OCH3 is 1. The third-order valence-electron chi connectivity index (χ3n) is 4.99. The van der Waals surface area contributed by atoms with E-state index in [2.05, 4.69) is 5.32 Å². The van der Waals surface area contributed by atoms with Crippen LogP contribution in [-0.2, 0) is 4.79 Å². The largest absolute Gasteiger partial charge is 0.497 e. The van der Waals surface area contributed by atoms with Gasteiger partial charge in [0.05, 0.1) is 20.3 Å². The maximum absolute atomic E-state index is 12.5. The van der Waals surface area contributed by atoms with Crippen LogP contribution in [0.4, 0.5) is 0 Å². The van der Waals surface area contributed by atoms with Gasteiger partial charge in [0.1, 0.15) is 11.9 Å². The summed E-state index contributed by atoms with van der Waals surface area (Å²) in [6.45, 7) is 3.69. The van der Waals surface area contributed by atoms with Gasteiger partial charge in [0, 0.05) is 31.5 Å². The Morgan fingerprint density at radius 3 is 2.33 bits per heavy atom. The van der Waals surface area contributed by atoms with E-state index in [1.165, 1.54) is 0 Å². The summed E-state index contributed by atoms with van der Waals surface area (Å²) < 4.78 is 16.8. The van der Waals surface area contributed by atoms with Gasteiger partial charge in [-0.05, 0) is 43.3 Å². The molecule has 7 nitrogen and oxygen atoms in total. The van der Waals surface area contributed by atoms with Crippen molar-refractivity contribution < 1.29 is 23.8 Å². The van der Waals surface area contributed by atoms with Crippen LogP contribution in [-0.4, -0.2) is 56.2 Å². The fourth-order valence-corrected chi connectivity index (χ4v) is 3.34. The van der Waals surface area contributed by atoms with Gasteiger partial charge in [-0.1, -0.05) is 12.1 Å². The topological polar surface area (TPSA) is 77.1 Å². The Morgan fingerprint density at radius 1 is 1.03 bits per heavy atom. The molecule has 0 radical (unpaired) electrons. The highest BCUT2D eigenvalue weighted by molar-refractivity contribution is 5.96. The normalized spacial score (nSPS) is 14.1. The number of nitrogens with zero attached hydrogens (tertiary/aromatic N) is 1. The summed E-state index contributed by atoms with van der Waals surface area (Å²) >= 11 is 0. The molecule has 0 saturated carbocycles. The second kappa shape index (κ2) is 10.5. The van der Waals surface area contributed by atoms with Crippen molar-refractivity contribution in [3.8, 4) is 17.2 Å². The number of carbonyl (C=O) groups is 2. The number of para-hydroxylation sites is 2. The number of amides is 2. The Bertz CT molecular complexity index is 845. The van der Waals surface area contributed by atoms with Crippen LogP contribution in [0.5, 0.6) is 17.2 Å². The molecule has 1 aliphatic rings. The summed E-state index contributed by atoms with van der Waals surface area (Å²) in [5, 5.41) is 2.69. The Labute approximate surface area is 176 Å². The molecule has 0 unspecified atom stereocenters. The first-order valence-electron chi connectivity index (χ1n) is 10.2. The van der Waals surface area contributed by atoms with Crippen LogP contribution in [0.3, 0.4) is 0 Å². The van der Waals surface area contributed by atoms with Crippen molar-refractivity contribution in [2.45, 2.75) is 25.9 Å². The molecule has 1 fully saturated rings. The van der Waals surface area contributed by atoms with Crippen molar-refractivity contribution in [3.63, 3.8) is 0 Å². The van der Waals surface area contributed by atoms with Crippen LogP contribution < -0.4 is 19.5 Å². The maximum atomic E-state index is 12.5. The Balaban J connectivity index is 1.44. The van der Waals surface area contributed by atoms with E-state index in [0.29, 0.717) is 31.0 Å². The van der Waals surface area contributed by atoms with E-state index in [1.807, 2.05) is 31.2 Å². The lowest BCUT2D eigenvalue weighted by Gasteiger charge is -2.32. The molecule has 7 heteroatoms. The number of piperidine rings is 1. The molecule has 2 aromatic carbocycles. The van der Waals surface area contributed by atoms with E-state index in [4.69, 9.17) is 14.2 Å². The summed E-state index contributed by atoms with van der Waals surface area (Å²) in [6.07, 6.45) is 1.50.